The van der Waals surface area contributed by atoms with E-state index in [0.29, 0.717) is 33.3 Å². The molecule has 0 spiro atoms. The lowest BCUT2D eigenvalue weighted by atomic mass is 10.4. The van der Waals surface area contributed by atoms with Crippen molar-refractivity contribution >= 4 is 46.1 Å². The Labute approximate surface area is 145 Å². The Morgan fingerprint density at radius 1 is 1.00 bits per heavy atom. The number of rotatable bonds is 6. The first-order valence-corrected chi connectivity index (χ1v) is 7.88. The molecule has 23 heavy (non-hydrogen) atoms. The number of aromatic amines is 1. The molecule has 0 aliphatic heterocycles. The van der Waals surface area contributed by atoms with E-state index in [2.05, 4.69) is 46.9 Å². The number of thiocarbonyl (C=S) groups is 2. The van der Waals surface area contributed by atoms with Gasteiger partial charge in [0.15, 0.2) is 21.9 Å². The number of hydrazone groups is 2. The lowest BCUT2D eigenvalue weighted by Gasteiger charge is -2.04. The Kier molecular flexibility index (Phi) is 8.05. The Balaban J connectivity index is 2.69. The predicted octanol–water partition coefficient (Wildman–Crippen LogP) is 0.221. The lowest BCUT2D eigenvalue weighted by Crippen LogP contribution is -2.32. The number of hydrogen-bond acceptors (Lipinski definition) is 6. The van der Waals surface area contributed by atoms with Crippen molar-refractivity contribution in [1.29, 1.82) is 0 Å². The first-order chi connectivity index (χ1) is 11.0. The summed E-state index contributed by atoms with van der Waals surface area (Å²) < 4.78 is 0. The highest BCUT2D eigenvalue weighted by molar-refractivity contribution is 7.80. The molecule has 0 radical (unpaired) electrons. The second-order valence-electron chi connectivity index (χ2n) is 4.34. The SMILES string of the molecule is CCNC(=S)NN=C(C)c1n[nH]c(C(C)=NNC(=S)NCC)n1. The molecule has 5 N–H and O–H groups in total. The molecule has 9 nitrogen and oxygen atoms in total. The Bertz CT molecular complexity index is 555. The molecule has 1 aromatic heterocycles. The van der Waals surface area contributed by atoms with Gasteiger partial charge in [-0.25, -0.2) is 4.98 Å². The highest BCUT2D eigenvalue weighted by atomic mass is 32.1. The van der Waals surface area contributed by atoms with Gasteiger partial charge in [-0.15, -0.1) is 0 Å². The first-order valence-electron chi connectivity index (χ1n) is 7.07. The summed E-state index contributed by atoms with van der Waals surface area (Å²) >= 11 is 10.1. The largest absolute Gasteiger partial charge is 0.362 e. The van der Waals surface area contributed by atoms with Crippen molar-refractivity contribution in [2.24, 2.45) is 10.2 Å². The van der Waals surface area contributed by atoms with Gasteiger partial charge in [-0.2, -0.15) is 15.3 Å². The summed E-state index contributed by atoms with van der Waals surface area (Å²) in [7, 11) is 0. The monoisotopic (exact) mass is 355 g/mol. The van der Waals surface area contributed by atoms with Gasteiger partial charge in [0.05, 0.1) is 0 Å². The third kappa shape index (κ3) is 6.65. The van der Waals surface area contributed by atoms with Crippen molar-refractivity contribution < 1.29 is 0 Å². The van der Waals surface area contributed by atoms with E-state index in [9.17, 15) is 0 Å². The molecular formula is C12H21N9S2. The van der Waals surface area contributed by atoms with E-state index in [-0.39, 0.29) is 0 Å². The molecule has 0 bridgehead atoms. The van der Waals surface area contributed by atoms with E-state index in [4.69, 9.17) is 24.4 Å². The van der Waals surface area contributed by atoms with Gasteiger partial charge in [0.2, 0.25) is 0 Å². The van der Waals surface area contributed by atoms with E-state index in [1.807, 2.05) is 13.8 Å². The summed E-state index contributed by atoms with van der Waals surface area (Å²) in [6, 6.07) is 0. The van der Waals surface area contributed by atoms with Gasteiger partial charge in [0, 0.05) is 13.1 Å². The third-order valence-electron chi connectivity index (χ3n) is 2.48. The van der Waals surface area contributed by atoms with Crippen LogP contribution in [-0.2, 0) is 0 Å². The van der Waals surface area contributed by atoms with Crippen LogP contribution >= 0.6 is 24.4 Å². The number of H-pyrrole nitrogens is 1. The molecule has 1 heterocycles. The second-order valence-corrected chi connectivity index (χ2v) is 5.16. The van der Waals surface area contributed by atoms with Gasteiger partial charge in [0.25, 0.3) is 0 Å². The van der Waals surface area contributed by atoms with Gasteiger partial charge in [0.1, 0.15) is 11.4 Å². The first kappa shape index (κ1) is 18.9. The normalized spacial score (nSPS) is 11.8. The number of nitrogens with one attached hydrogen (secondary N) is 5. The smallest absolute Gasteiger partial charge is 0.197 e. The average molecular weight is 355 g/mol. The molecule has 0 saturated heterocycles. The van der Waals surface area contributed by atoms with Crippen LogP contribution in [0.15, 0.2) is 10.2 Å². The Morgan fingerprint density at radius 2 is 1.52 bits per heavy atom. The molecule has 1 rings (SSSR count). The van der Waals surface area contributed by atoms with Gasteiger partial charge >= 0.3 is 0 Å². The van der Waals surface area contributed by atoms with Crippen LogP contribution in [0.1, 0.15) is 39.3 Å². The fraction of sp³-hybridized carbons (Fsp3) is 0.500. The van der Waals surface area contributed by atoms with Gasteiger partial charge in [-0.3, -0.25) is 16.0 Å². The minimum absolute atomic E-state index is 0.446. The van der Waals surface area contributed by atoms with Crippen molar-refractivity contribution in [3.05, 3.63) is 11.6 Å². The molecule has 0 atom stereocenters. The molecule has 0 aromatic carbocycles. The molecule has 126 valence electrons. The minimum Gasteiger partial charge on any atom is -0.362 e. The van der Waals surface area contributed by atoms with E-state index in [1.54, 1.807) is 13.8 Å². The summed E-state index contributed by atoms with van der Waals surface area (Å²) in [4.78, 5) is 4.32. The van der Waals surface area contributed by atoms with Crippen molar-refractivity contribution in [2.75, 3.05) is 13.1 Å². The predicted molar refractivity (Wildman–Crippen MR) is 99.6 cm³/mol. The topological polar surface area (TPSA) is 114 Å². The number of nitrogens with zero attached hydrogens (tertiary/aromatic N) is 4. The maximum Gasteiger partial charge on any atom is 0.197 e. The van der Waals surface area contributed by atoms with E-state index < -0.39 is 0 Å². The quantitative estimate of drug-likeness (QED) is 0.280. The van der Waals surface area contributed by atoms with E-state index >= 15 is 0 Å². The zero-order chi connectivity index (χ0) is 17.2. The molecule has 0 saturated carbocycles. The maximum absolute atomic E-state index is 5.03. The van der Waals surface area contributed by atoms with Crippen LogP contribution in [0.25, 0.3) is 0 Å². The van der Waals surface area contributed by atoms with Gasteiger partial charge < -0.3 is 10.6 Å². The standard InChI is InChI=1S/C12H21N9S2/c1-5-13-11(22)20-16-7(3)9-15-10(19-18-9)8(4)17-21-12(23)14-6-2/h5-6H2,1-4H3,(H2,13,20,22)(H2,14,21,23)(H,15,18,19). The lowest BCUT2D eigenvalue weighted by molar-refractivity contribution is 0.898. The second kappa shape index (κ2) is 9.79. The van der Waals surface area contributed by atoms with Crippen LogP contribution in [0.3, 0.4) is 0 Å². The Hall–Kier alpha value is -2.14. The van der Waals surface area contributed by atoms with Crippen LogP contribution in [0.2, 0.25) is 0 Å². The highest BCUT2D eigenvalue weighted by Crippen LogP contribution is 1.97. The minimum atomic E-state index is 0.446. The Morgan fingerprint density at radius 3 is 2.04 bits per heavy atom. The van der Waals surface area contributed by atoms with Crippen LogP contribution < -0.4 is 21.5 Å². The van der Waals surface area contributed by atoms with Gasteiger partial charge in [-0.05, 0) is 52.1 Å². The maximum atomic E-state index is 5.03. The molecule has 11 heteroatoms. The van der Waals surface area contributed by atoms with Crippen molar-refractivity contribution in [2.45, 2.75) is 27.7 Å². The van der Waals surface area contributed by atoms with Crippen molar-refractivity contribution in [3.63, 3.8) is 0 Å². The fourth-order valence-electron chi connectivity index (χ4n) is 1.36. The molecule has 0 fully saturated rings. The van der Waals surface area contributed by atoms with Crippen LogP contribution in [0, 0.1) is 0 Å². The van der Waals surface area contributed by atoms with E-state index in [0.717, 1.165) is 13.1 Å². The molecule has 1 aromatic rings. The van der Waals surface area contributed by atoms with Crippen LogP contribution in [0.4, 0.5) is 0 Å². The summed E-state index contributed by atoms with van der Waals surface area (Å²) in [5.41, 5.74) is 6.66. The number of aromatic nitrogens is 3. The summed E-state index contributed by atoms with van der Waals surface area (Å²) in [5.74, 6) is 0.978. The molecule has 0 amide bonds. The van der Waals surface area contributed by atoms with Crippen molar-refractivity contribution in [3.8, 4) is 0 Å². The fourth-order valence-corrected chi connectivity index (χ4v) is 1.74. The number of hydrogen-bond donors (Lipinski definition) is 5. The van der Waals surface area contributed by atoms with Crippen LogP contribution in [0.5, 0.6) is 0 Å². The van der Waals surface area contributed by atoms with Crippen molar-refractivity contribution in [1.82, 2.24) is 36.7 Å². The van der Waals surface area contributed by atoms with Gasteiger partial charge in [-0.1, -0.05) is 0 Å². The van der Waals surface area contributed by atoms with E-state index in [1.165, 1.54) is 0 Å². The average Bonchev–Trinajstić information content (AvgIpc) is 3.01. The zero-order valence-corrected chi connectivity index (χ0v) is 15.2. The van der Waals surface area contributed by atoms with Crippen LogP contribution in [-0.4, -0.2) is 49.9 Å². The molecular weight excluding hydrogens is 334 g/mol. The summed E-state index contributed by atoms with van der Waals surface area (Å²) in [6.07, 6.45) is 0. The molecule has 0 aliphatic carbocycles. The highest BCUT2D eigenvalue weighted by Gasteiger charge is 2.09. The molecule has 0 aliphatic rings. The zero-order valence-electron chi connectivity index (χ0n) is 13.5. The molecule has 0 unspecified atom stereocenters. The third-order valence-corrected chi connectivity index (χ3v) is 2.95. The summed E-state index contributed by atoms with van der Waals surface area (Å²) in [6.45, 7) is 8.92. The summed E-state index contributed by atoms with van der Waals surface area (Å²) in [5, 5.41) is 21.9.